The lowest BCUT2D eigenvalue weighted by atomic mass is 10.0. The van der Waals surface area contributed by atoms with E-state index in [0.717, 1.165) is 18.4 Å². The van der Waals surface area contributed by atoms with Crippen molar-refractivity contribution < 1.29 is 22.7 Å². The minimum absolute atomic E-state index is 0.0267. The smallest absolute Gasteiger partial charge is 0.338 e. The van der Waals surface area contributed by atoms with Crippen LogP contribution in [0, 0.1) is 5.92 Å². The minimum Gasteiger partial charge on any atom is -0.452 e. The van der Waals surface area contributed by atoms with E-state index in [0.29, 0.717) is 26.2 Å². The van der Waals surface area contributed by atoms with Crippen molar-refractivity contribution in [2.45, 2.75) is 38.5 Å². The molecule has 1 amide bonds. The molecule has 30 heavy (non-hydrogen) atoms. The summed E-state index contributed by atoms with van der Waals surface area (Å²) in [4.78, 5) is 26.1. The van der Waals surface area contributed by atoms with Crippen LogP contribution in [-0.2, 0) is 19.6 Å². The summed E-state index contributed by atoms with van der Waals surface area (Å²) < 4.78 is 32.6. The van der Waals surface area contributed by atoms with Gasteiger partial charge in [-0.3, -0.25) is 4.79 Å². The van der Waals surface area contributed by atoms with Crippen molar-refractivity contribution in [3.63, 3.8) is 0 Å². The van der Waals surface area contributed by atoms with E-state index in [2.05, 4.69) is 6.58 Å². The lowest BCUT2D eigenvalue weighted by molar-refractivity contribution is -0.133. The quantitative estimate of drug-likeness (QED) is 0.442. The van der Waals surface area contributed by atoms with Gasteiger partial charge in [-0.1, -0.05) is 30.7 Å². The normalized spacial score (nSPS) is 17.4. The summed E-state index contributed by atoms with van der Waals surface area (Å²) in [5.74, 6) is -0.875. The van der Waals surface area contributed by atoms with Crippen LogP contribution in [-0.4, -0.2) is 62.3 Å². The summed E-state index contributed by atoms with van der Waals surface area (Å²) >= 11 is 6.15. The number of likely N-dealkylation sites (N-methyl/N-ethyl adjacent to an activating group) is 1. The summed E-state index contributed by atoms with van der Waals surface area (Å²) in [6.45, 7) is 10.6. The number of ether oxygens (including phenoxy) is 1. The van der Waals surface area contributed by atoms with E-state index in [9.17, 15) is 18.0 Å². The monoisotopic (exact) mass is 456 g/mol. The van der Waals surface area contributed by atoms with Gasteiger partial charge in [-0.2, -0.15) is 4.31 Å². The van der Waals surface area contributed by atoms with Crippen molar-refractivity contribution in [2.75, 3.05) is 32.8 Å². The van der Waals surface area contributed by atoms with Gasteiger partial charge >= 0.3 is 5.97 Å². The van der Waals surface area contributed by atoms with Crippen molar-refractivity contribution in [2.24, 2.45) is 5.92 Å². The van der Waals surface area contributed by atoms with Crippen LogP contribution in [0.4, 0.5) is 0 Å². The Labute approximate surface area is 183 Å². The first kappa shape index (κ1) is 24.4. The molecule has 1 fully saturated rings. The number of piperidine rings is 1. The Morgan fingerprint density at radius 1 is 1.37 bits per heavy atom. The highest BCUT2D eigenvalue weighted by Gasteiger charge is 2.31. The van der Waals surface area contributed by atoms with Crippen molar-refractivity contribution in [3.05, 3.63) is 40.9 Å². The molecule has 166 valence electrons. The number of amides is 1. The van der Waals surface area contributed by atoms with E-state index >= 15 is 0 Å². The van der Waals surface area contributed by atoms with Crippen LogP contribution >= 0.6 is 11.6 Å². The molecule has 0 aliphatic carbocycles. The second-order valence-electron chi connectivity index (χ2n) is 7.70. The number of carbonyl (C=O) groups excluding carboxylic acids is 2. The Morgan fingerprint density at radius 2 is 2.07 bits per heavy atom. The van der Waals surface area contributed by atoms with Gasteiger partial charge in [-0.25, -0.2) is 13.2 Å². The molecule has 1 aromatic carbocycles. The highest BCUT2D eigenvalue weighted by atomic mass is 35.5. The van der Waals surface area contributed by atoms with Gasteiger partial charge < -0.3 is 9.64 Å². The van der Waals surface area contributed by atoms with E-state index in [1.165, 1.54) is 27.4 Å². The molecule has 0 spiro atoms. The van der Waals surface area contributed by atoms with Gasteiger partial charge in [0.15, 0.2) is 6.61 Å². The molecule has 1 aromatic rings. The standard InChI is InChI=1S/C21H29ClN2O5S/c1-5-23(12-15(2)3)20(25)14-29-21(26)17-8-9-18(22)19(11-17)30(27,28)24-10-6-7-16(4)13-24/h8-9,11,16H,2,5-7,10,12-14H2,1,3-4H3. The van der Waals surface area contributed by atoms with Crippen LogP contribution < -0.4 is 0 Å². The molecule has 0 N–H and O–H groups in total. The highest BCUT2D eigenvalue weighted by Crippen LogP contribution is 2.29. The van der Waals surface area contributed by atoms with Crippen molar-refractivity contribution >= 4 is 33.5 Å². The number of esters is 1. The first-order chi connectivity index (χ1) is 14.1. The van der Waals surface area contributed by atoms with Gasteiger partial charge in [0, 0.05) is 26.2 Å². The van der Waals surface area contributed by atoms with E-state index < -0.39 is 22.6 Å². The zero-order valence-electron chi connectivity index (χ0n) is 17.7. The fourth-order valence-corrected chi connectivity index (χ4v) is 5.43. The van der Waals surface area contributed by atoms with Crippen LogP contribution in [0.15, 0.2) is 35.2 Å². The highest BCUT2D eigenvalue weighted by molar-refractivity contribution is 7.89. The third-order valence-corrected chi connectivity index (χ3v) is 7.27. The molecule has 9 heteroatoms. The van der Waals surface area contributed by atoms with Crippen molar-refractivity contribution in [3.8, 4) is 0 Å². The average molecular weight is 457 g/mol. The van der Waals surface area contributed by atoms with Crippen molar-refractivity contribution in [1.82, 2.24) is 9.21 Å². The zero-order valence-corrected chi connectivity index (χ0v) is 19.3. The number of sulfonamides is 1. The van der Waals surface area contributed by atoms with Gasteiger partial charge in [0.2, 0.25) is 10.0 Å². The molecule has 1 unspecified atom stereocenters. The van der Waals surface area contributed by atoms with E-state index in [4.69, 9.17) is 16.3 Å². The third kappa shape index (κ3) is 6.06. The van der Waals surface area contributed by atoms with Crippen molar-refractivity contribution in [1.29, 1.82) is 0 Å². The molecular formula is C21H29ClN2O5S. The molecule has 0 aromatic heterocycles. The molecule has 0 bridgehead atoms. The number of benzene rings is 1. The molecule has 7 nitrogen and oxygen atoms in total. The number of hydrogen-bond donors (Lipinski definition) is 0. The second kappa shape index (κ2) is 10.4. The van der Waals surface area contributed by atoms with Crippen LogP contribution in [0.25, 0.3) is 0 Å². The van der Waals surface area contributed by atoms with Gasteiger partial charge in [-0.15, -0.1) is 0 Å². The summed E-state index contributed by atoms with van der Waals surface area (Å²) in [6, 6.07) is 3.97. The maximum absolute atomic E-state index is 13.0. The van der Waals surface area contributed by atoms with E-state index in [1.807, 2.05) is 13.8 Å². The predicted octanol–water partition coefficient (Wildman–Crippen LogP) is 3.34. The Kier molecular flexibility index (Phi) is 8.46. The number of halogens is 1. The van der Waals surface area contributed by atoms with E-state index in [1.54, 1.807) is 6.92 Å². The second-order valence-corrected chi connectivity index (χ2v) is 10.0. The summed E-state index contributed by atoms with van der Waals surface area (Å²) in [5, 5.41) is 0.0412. The Morgan fingerprint density at radius 3 is 2.67 bits per heavy atom. The zero-order chi connectivity index (χ0) is 22.5. The molecule has 1 aliphatic heterocycles. The Bertz CT molecular complexity index is 916. The van der Waals surface area contributed by atoms with Gasteiger partial charge in [0.25, 0.3) is 5.91 Å². The van der Waals surface area contributed by atoms with Crippen LogP contribution in [0.1, 0.15) is 44.0 Å². The molecule has 1 atom stereocenters. The Balaban J connectivity index is 2.15. The molecule has 2 rings (SSSR count). The average Bonchev–Trinajstić information content (AvgIpc) is 2.70. The topological polar surface area (TPSA) is 84.0 Å². The molecule has 0 saturated carbocycles. The van der Waals surface area contributed by atoms with Crippen LogP contribution in [0.5, 0.6) is 0 Å². The number of carbonyl (C=O) groups is 2. The Hall–Kier alpha value is -1.90. The molecule has 1 heterocycles. The third-order valence-electron chi connectivity index (χ3n) is 4.93. The van der Waals surface area contributed by atoms with Gasteiger partial charge in [0.1, 0.15) is 4.90 Å². The first-order valence-electron chi connectivity index (χ1n) is 9.95. The van der Waals surface area contributed by atoms with E-state index in [-0.39, 0.29) is 27.3 Å². The number of hydrogen-bond acceptors (Lipinski definition) is 5. The lowest BCUT2D eigenvalue weighted by Gasteiger charge is -2.30. The summed E-state index contributed by atoms with van der Waals surface area (Å²) in [5.41, 5.74) is 0.842. The number of rotatable bonds is 8. The number of nitrogens with zero attached hydrogens (tertiary/aromatic N) is 2. The lowest BCUT2D eigenvalue weighted by Crippen LogP contribution is -2.39. The minimum atomic E-state index is -3.84. The van der Waals surface area contributed by atoms with Gasteiger partial charge in [-0.05, 0) is 50.8 Å². The van der Waals surface area contributed by atoms with Crippen LogP contribution in [0.2, 0.25) is 5.02 Å². The molecule has 0 radical (unpaired) electrons. The fourth-order valence-electron chi connectivity index (χ4n) is 3.34. The maximum Gasteiger partial charge on any atom is 0.338 e. The molecule has 1 saturated heterocycles. The largest absolute Gasteiger partial charge is 0.452 e. The fraction of sp³-hybridized carbons (Fsp3) is 0.524. The van der Waals surface area contributed by atoms with Gasteiger partial charge in [0.05, 0.1) is 10.6 Å². The SMILES string of the molecule is C=C(C)CN(CC)C(=O)COC(=O)c1ccc(Cl)c(S(=O)(=O)N2CCCC(C)C2)c1. The predicted molar refractivity (Wildman–Crippen MR) is 116 cm³/mol. The van der Waals surface area contributed by atoms with Crippen LogP contribution in [0.3, 0.4) is 0 Å². The first-order valence-corrected chi connectivity index (χ1v) is 11.8. The molecular weight excluding hydrogens is 428 g/mol. The summed E-state index contributed by atoms with van der Waals surface area (Å²) in [7, 11) is -3.84. The summed E-state index contributed by atoms with van der Waals surface area (Å²) in [6.07, 6.45) is 1.75. The maximum atomic E-state index is 13.0. The molecule has 1 aliphatic rings.